The molecular formula is C22H19Cl5F2N2O2. The predicted molar refractivity (Wildman–Crippen MR) is 128 cm³/mol. The van der Waals surface area contributed by atoms with Crippen molar-refractivity contribution in [1.29, 1.82) is 0 Å². The zero-order valence-corrected chi connectivity index (χ0v) is 21.0. The predicted octanol–water partition coefficient (Wildman–Crippen LogP) is 6.49. The van der Waals surface area contributed by atoms with Crippen molar-refractivity contribution in [2.45, 2.75) is 42.0 Å². The molecule has 0 heterocycles. The van der Waals surface area contributed by atoms with Crippen LogP contribution >= 0.6 is 58.0 Å². The third kappa shape index (κ3) is 6.04. The molecule has 2 atom stereocenters. The number of nitrogens with one attached hydrogen (secondary N) is 2. The summed E-state index contributed by atoms with van der Waals surface area (Å²) in [4.78, 5) is 25.4. The van der Waals surface area contributed by atoms with Gasteiger partial charge in [-0.05, 0) is 36.8 Å². The lowest BCUT2D eigenvalue weighted by Crippen LogP contribution is -2.50. The molecule has 3 rings (SSSR count). The van der Waals surface area contributed by atoms with E-state index in [-0.39, 0.29) is 16.3 Å². The third-order valence-corrected chi connectivity index (χ3v) is 7.00. The van der Waals surface area contributed by atoms with Crippen LogP contribution in [0, 0.1) is 5.92 Å². The lowest BCUT2D eigenvalue weighted by atomic mass is 9.88. The molecule has 4 nitrogen and oxygen atoms in total. The molecule has 2 fully saturated rings. The van der Waals surface area contributed by atoms with Gasteiger partial charge < -0.3 is 10.6 Å². The van der Waals surface area contributed by atoms with Crippen LogP contribution < -0.4 is 10.6 Å². The first kappa shape index (κ1) is 26.3. The zero-order chi connectivity index (χ0) is 24.7. The Kier molecular flexibility index (Phi) is 7.77. The molecule has 1 aromatic rings. The zero-order valence-electron chi connectivity index (χ0n) is 17.2. The summed E-state index contributed by atoms with van der Waals surface area (Å²) in [5, 5.41) is 5.79. The number of amides is 2. The van der Waals surface area contributed by atoms with Crippen LogP contribution in [-0.2, 0) is 9.59 Å². The van der Waals surface area contributed by atoms with Crippen molar-refractivity contribution in [3.63, 3.8) is 0 Å². The fourth-order valence-electron chi connectivity index (χ4n) is 3.68. The Morgan fingerprint density at radius 1 is 1.15 bits per heavy atom. The number of carbonyl (C=O) groups is 2. The van der Waals surface area contributed by atoms with Crippen molar-refractivity contribution in [3.05, 3.63) is 68.8 Å². The molecule has 1 aromatic carbocycles. The van der Waals surface area contributed by atoms with E-state index in [9.17, 15) is 18.4 Å². The van der Waals surface area contributed by atoms with Crippen LogP contribution in [-0.4, -0.2) is 28.1 Å². The second-order valence-electron chi connectivity index (χ2n) is 7.96. The highest BCUT2D eigenvalue weighted by Crippen LogP contribution is 2.65. The number of rotatable bonds is 7. The van der Waals surface area contributed by atoms with E-state index >= 15 is 0 Å². The second-order valence-corrected chi connectivity index (χ2v) is 10.7. The van der Waals surface area contributed by atoms with Gasteiger partial charge in [0.05, 0.1) is 11.5 Å². The van der Waals surface area contributed by atoms with Gasteiger partial charge in [0.15, 0.2) is 0 Å². The minimum atomic E-state index is -2.79. The van der Waals surface area contributed by atoms with Crippen LogP contribution in [0.15, 0.2) is 53.2 Å². The summed E-state index contributed by atoms with van der Waals surface area (Å²) in [6, 6.07) is 4.14. The van der Waals surface area contributed by atoms with Gasteiger partial charge in [0, 0.05) is 45.6 Å². The van der Waals surface area contributed by atoms with E-state index in [0.29, 0.717) is 15.6 Å². The van der Waals surface area contributed by atoms with Crippen molar-refractivity contribution in [2.75, 3.05) is 0 Å². The summed E-state index contributed by atoms with van der Waals surface area (Å²) in [5.74, 6) is -5.32. The minimum Gasteiger partial charge on any atom is -0.349 e. The first-order valence-electron chi connectivity index (χ1n) is 9.81. The molecule has 0 unspecified atom stereocenters. The van der Waals surface area contributed by atoms with Crippen LogP contribution in [0.5, 0.6) is 0 Å². The first-order valence-corrected chi connectivity index (χ1v) is 11.7. The molecule has 2 aliphatic rings. The lowest BCUT2D eigenvalue weighted by molar-refractivity contribution is -0.126. The number of benzene rings is 1. The highest BCUT2D eigenvalue weighted by atomic mass is 35.5. The fraction of sp³-hybridized carbons (Fsp3) is 0.364. The van der Waals surface area contributed by atoms with Crippen molar-refractivity contribution >= 4 is 69.8 Å². The number of hydrogen-bond donors (Lipinski definition) is 2. The van der Waals surface area contributed by atoms with Crippen molar-refractivity contribution in [2.24, 2.45) is 5.92 Å². The van der Waals surface area contributed by atoms with E-state index in [1.165, 1.54) is 12.2 Å². The fourth-order valence-corrected chi connectivity index (χ4v) is 5.19. The molecule has 0 radical (unpaired) electrons. The standard InChI is InChI=1S/C22H19Cl5F2N2O2/c1-3-14(7-16(10(2)23)19(32)31-15-8-21(28,29)9-15)30-20(33)18-17(22(18,26)27)11-4-12(24)6-13(25)5-11/h3-7,15,17-18H,2,8-9H2,1H3,(H,30,33)(H,31,32)/b14-3+,16-7+/t17-,18+/m0/s1. The second kappa shape index (κ2) is 9.74. The normalized spacial score (nSPS) is 24.0. The SMILES string of the molecule is C=C(Cl)/C(=C\C(=C/C)NC(=O)[C@H]1[C@H](c2cc(Cl)cc(Cl)c2)C1(Cl)Cl)C(=O)NC1CC(F)(F)C1. The number of allylic oxidation sites excluding steroid dienone is 2. The maximum Gasteiger partial charge on any atom is 0.253 e. The molecule has 2 aliphatic carbocycles. The van der Waals surface area contributed by atoms with Crippen molar-refractivity contribution in [3.8, 4) is 0 Å². The molecule has 2 amide bonds. The van der Waals surface area contributed by atoms with Gasteiger partial charge >= 0.3 is 0 Å². The Hall–Kier alpha value is -1.31. The molecule has 178 valence electrons. The van der Waals surface area contributed by atoms with E-state index in [1.807, 2.05) is 0 Å². The Morgan fingerprint density at radius 2 is 1.73 bits per heavy atom. The van der Waals surface area contributed by atoms with Gasteiger partial charge in [-0.3, -0.25) is 9.59 Å². The van der Waals surface area contributed by atoms with Gasteiger partial charge in [-0.2, -0.15) is 0 Å². The molecular weight excluding hydrogens is 540 g/mol. The van der Waals surface area contributed by atoms with Crippen molar-refractivity contribution in [1.82, 2.24) is 10.6 Å². The molecule has 0 saturated heterocycles. The van der Waals surface area contributed by atoms with E-state index < -0.39 is 52.8 Å². The van der Waals surface area contributed by atoms with Gasteiger partial charge in [-0.25, -0.2) is 8.78 Å². The Morgan fingerprint density at radius 3 is 2.21 bits per heavy atom. The van der Waals surface area contributed by atoms with Gasteiger partial charge in [-0.1, -0.05) is 47.5 Å². The Bertz CT molecular complexity index is 1040. The highest BCUT2D eigenvalue weighted by molar-refractivity contribution is 6.53. The van der Waals surface area contributed by atoms with Crippen LogP contribution in [0.1, 0.15) is 31.2 Å². The highest BCUT2D eigenvalue weighted by Gasteiger charge is 2.67. The average molecular weight is 559 g/mol. The topological polar surface area (TPSA) is 58.2 Å². The smallest absolute Gasteiger partial charge is 0.253 e. The monoisotopic (exact) mass is 556 g/mol. The maximum atomic E-state index is 13.0. The van der Waals surface area contributed by atoms with Crippen molar-refractivity contribution < 1.29 is 18.4 Å². The molecule has 0 aliphatic heterocycles. The molecule has 33 heavy (non-hydrogen) atoms. The third-order valence-electron chi connectivity index (χ3n) is 5.42. The minimum absolute atomic E-state index is 0.0720. The number of hydrogen-bond acceptors (Lipinski definition) is 2. The Balaban J connectivity index is 1.72. The number of alkyl halides is 4. The average Bonchev–Trinajstić information content (AvgIpc) is 3.24. The van der Waals surface area contributed by atoms with E-state index in [2.05, 4.69) is 17.2 Å². The molecule has 2 saturated carbocycles. The van der Waals surface area contributed by atoms with Crippen LogP contribution in [0.2, 0.25) is 10.0 Å². The number of carbonyl (C=O) groups excluding carboxylic acids is 2. The lowest BCUT2D eigenvalue weighted by Gasteiger charge is -2.35. The van der Waals surface area contributed by atoms with Crippen LogP contribution in [0.3, 0.4) is 0 Å². The summed E-state index contributed by atoms with van der Waals surface area (Å²) in [6.07, 6.45) is 1.94. The van der Waals surface area contributed by atoms with E-state index in [1.54, 1.807) is 25.1 Å². The first-order chi connectivity index (χ1) is 15.2. The summed E-state index contributed by atoms with van der Waals surface area (Å²) < 4.78 is 24.7. The summed E-state index contributed by atoms with van der Waals surface area (Å²) in [5.41, 5.74) is 0.767. The molecule has 0 spiro atoms. The van der Waals surface area contributed by atoms with Gasteiger partial charge in [-0.15, -0.1) is 23.2 Å². The van der Waals surface area contributed by atoms with Gasteiger partial charge in [0.2, 0.25) is 5.91 Å². The quantitative estimate of drug-likeness (QED) is 0.228. The summed E-state index contributed by atoms with van der Waals surface area (Å²) >= 11 is 30.8. The molecule has 11 heteroatoms. The van der Waals surface area contributed by atoms with Crippen LogP contribution in [0.4, 0.5) is 8.78 Å². The van der Waals surface area contributed by atoms with Gasteiger partial charge in [0.25, 0.3) is 11.8 Å². The Labute approximate surface area is 214 Å². The molecule has 0 aromatic heterocycles. The van der Waals surface area contributed by atoms with Crippen LogP contribution in [0.25, 0.3) is 0 Å². The largest absolute Gasteiger partial charge is 0.349 e. The summed E-state index contributed by atoms with van der Waals surface area (Å²) in [7, 11) is 0. The number of halogens is 7. The summed E-state index contributed by atoms with van der Waals surface area (Å²) in [6.45, 7) is 5.17. The van der Waals surface area contributed by atoms with E-state index in [4.69, 9.17) is 58.0 Å². The maximum absolute atomic E-state index is 13.0. The van der Waals surface area contributed by atoms with Gasteiger partial charge in [0.1, 0.15) is 4.33 Å². The molecule has 0 bridgehead atoms. The van der Waals surface area contributed by atoms with E-state index in [0.717, 1.165) is 0 Å². The molecule has 2 N–H and O–H groups in total.